The van der Waals surface area contributed by atoms with Gasteiger partial charge in [-0.2, -0.15) is 0 Å². The maximum absolute atomic E-state index is 13.5. The van der Waals surface area contributed by atoms with E-state index in [-0.39, 0.29) is 11.6 Å². The van der Waals surface area contributed by atoms with Crippen LogP contribution in [0.25, 0.3) is 0 Å². The minimum atomic E-state index is -0.755. The molecule has 1 aliphatic heterocycles. The van der Waals surface area contributed by atoms with E-state index in [4.69, 9.17) is 16.3 Å². The van der Waals surface area contributed by atoms with Crippen molar-refractivity contribution in [3.05, 3.63) is 56.4 Å². The molecule has 0 radical (unpaired) electrons. The Bertz CT molecular complexity index is 888. The van der Waals surface area contributed by atoms with Crippen molar-refractivity contribution in [2.45, 2.75) is 13.0 Å². The molecule has 6 nitrogen and oxygen atoms in total. The minimum absolute atomic E-state index is 0.174. The normalized spacial score (nSPS) is 16.9. The number of nitrogens with zero attached hydrogens (tertiary/aromatic N) is 3. The van der Waals surface area contributed by atoms with E-state index in [9.17, 15) is 9.18 Å². The van der Waals surface area contributed by atoms with Crippen LogP contribution >= 0.6 is 38.9 Å². The standard InChI is InChI=1S/C16H13BrClFN4O2S/c1-2-25-16(24)12-11(6-17)21-14(15-23-20-7-26-15)22-13(12)9-4-3-8(19)5-10(9)18/h3-5,7,13H,2,6H2,1H3,(H,21,22). The highest BCUT2D eigenvalue weighted by molar-refractivity contribution is 9.09. The zero-order valence-electron chi connectivity index (χ0n) is 13.5. The minimum Gasteiger partial charge on any atom is -0.463 e. The molecular weight excluding hydrogens is 447 g/mol. The van der Waals surface area contributed by atoms with E-state index in [1.54, 1.807) is 12.4 Å². The Morgan fingerprint density at radius 2 is 2.31 bits per heavy atom. The first-order chi connectivity index (χ1) is 12.5. The fourth-order valence-electron chi connectivity index (χ4n) is 2.48. The molecule has 1 atom stereocenters. The van der Waals surface area contributed by atoms with Crippen LogP contribution in [-0.4, -0.2) is 33.9 Å². The summed E-state index contributed by atoms with van der Waals surface area (Å²) in [5.74, 6) is -0.524. The summed E-state index contributed by atoms with van der Waals surface area (Å²) in [6.07, 6.45) is 0. The van der Waals surface area contributed by atoms with Crippen molar-refractivity contribution in [1.29, 1.82) is 0 Å². The van der Waals surface area contributed by atoms with Crippen LogP contribution in [0.1, 0.15) is 23.5 Å². The zero-order valence-corrected chi connectivity index (χ0v) is 16.7. The average Bonchev–Trinajstić information content (AvgIpc) is 3.15. The van der Waals surface area contributed by atoms with E-state index in [1.807, 2.05) is 0 Å². The number of carbonyl (C=O) groups excluding carboxylic acids is 1. The molecule has 1 aliphatic rings. The molecule has 1 aromatic heterocycles. The second-order valence-electron chi connectivity index (χ2n) is 5.16. The van der Waals surface area contributed by atoms with Crippen LogP contribution in [0.15, 0.2) is 40.0 Å². The van der Waals surface area contributed by atoms with E-state index >= 15 is 0 Å². The summed E-state index contributed by atoms with van der Waals surface area (Å²) in [6.45, 7) is 1.94. The molecule has 0 fully saturated rings. The van der Waals surface area contributed by atoms with Crippen LogP contribution in [0, 0.1) is 5.82 Å². The van der Waals surface area contributed by atoms with Crippen molar-refractivity contribution in [2.75, 3.05) is 11.9 Å². The van der Waals surface area contributed by atoms with Gasteiger partial charge in [0.1, 0.15) is 17.4 Å². The van der Waals surface area contributed by atoms with Gasteiger partial charge in [0.15, 0.2) is 10.8 Å². The molecule has 2 heterocycles. The third-order valence-corrected chi connectivity index (χ3v) is 5.16. The van der Waals surface area contributed by atoms with Gasteiger partial charge in [-0.05, 0) is 19.1 Å². The lowest BCUT2D eigenvalue weighted by molar-refractivity contribution is -0.138. The monoisotopic (exact) mass is 458 g/mol. The molecule has 0 amide bonds. The molecule has 1 unspecified atom stereocenters. The van der Waals surface area contributed by atoms with E-state index in [0.717, 1.165) is 0 Å². The largest absolute Gasteiger partial charge is 0.463 e. The fraction of sp³-hybridized carbons (Fsp3) is 0.250. The summed E-state index contributed by atoms with van der Waals surface area (Å²) in [5, 5.41) is 12.0. The molecule has 1 N–H and O–H groups in total. The van der Waals surface area contributed by atoms with Gasteiger partial charge < -0.3 is 10.1 Å². The molecule has 2 aromatic rings. The maximum atomic E-state index is 13.5. The summed E-state index contributed by atoms with van der Waals surface area (Å²) in [5.41, 5.74) is 2.97. The van der Waals surface area contributed by atoms with E-state index in [1.165, 1.54) is 29.5 Å². The van der Waals surface area contributed by atoms with Crippen molar-refractivity contribution in [3.8, 4) is 0 Å². The fourth-order valence-corrected chi connectivity index (χ4v) is 3.70. The Labute approximate surface area is 166 Å². The van der Waals surface area contributed by atoms with Crippen molar-refractivity contribution in [3.63, 3.8) is 0 Å². The van der Waals surface area contributed by atoms with Crippen molar-refractivity contribution >= 4 is 50.7 Å². The van der Waals surface area contributed by atoms with Gasteiger partial charge in [-0.3, -0.25) is 4.99 Å². The van der Waals surface area contributed by atoms with Crippen molar-refractivity contribution < 1.29 is 13.9 Å². The van der Waals surface area contributed by atoms with Gasteiger partial charge in [-0.25, -0.2) is 9.18 Å². The van der Waals surface area contributed by atoms with Crippen LogP contribution in [0.3, 0.4) is 0 Å². The predicted octanol–water partition coefficient (Wildman–Crippen LogP) is 3.63. The van der Waals surface area contributed by atoms with Gasteiger partial charge in [0, 0.05) is 21.6 Å². The smallest absolute Gasteiger partial charge is 0.338 e. The Morgan fingerprint density at radius 3 is 2.92 bits per heavy atom. The number of aliphatic imine (C=N–C) groups is 1. The molecule has 26 heavy (non-hydrogen) atoms. The van der Waals surface area contributed by atoms with Crippen molar-refractivity contribution in [2.24, 2.45) is 4.99 Å². The van der Waals surface area contributed by atoms with E-state index in [0.29, 0.717) is 33.0 Å². The number of esters is 1. The summed E-state index contributed by atoms with van der Waals surface area (Å²) in [6, 6.07) is 3.23. The van der Waals surface area contributed by atoms with Crippen LogP contribution in [0.4, 0.5) is 4.39 Å². The number of hydrogen-bond acceptors (Lipinski definition) is 7. The molecule has 10 heteroatoms. The third kappa shape index (κ3) is 3.79. The third-order valence-electron chi connectivity index (χ3n) is 3.57. The highest BCUT2D eigenvalue weighted by Crippen LogP contribution is 2.36. The number of carbonyl (C=O) groups is 1. The Morgan fingerprint density at radius 1 is 1.50 bits per heavy atom. The van der Waals surface area contributed by atoms with Crippen molar-refractivity contribution in [1.82, 2.24) is 15.5 Å². The Balaban J connectivity index is 2.15. The van der Waals surface area contributed by atoms with E-state index in [2.05, 4.69) is 36.4 Å². The highest BCUT2D eigenvalue weighted by atomic mass is 79.9. The number of nitrogens with one attached hydrogen (secondary N) is 1. The first-order valence-electron chi connectivity index (χ1n) is 7.57. The summed E-state index contributed by atoms with van der Waals surface area (Å²) in [4.78, 5) is 17.2. The number of rotatable bonds is 5. The number of ether oxygens (including phenoxy) is 1. The van der Waals surface area contributed by atoms with Gasteiger partial charge in [0.25, 0.3) is 0 Å². The number of amidine groups is 1. The SMILES string of the molecule is CCOC(=O)C1=C(CBr)NC(c2nncs2)=NC1c1ccc(F)cc1Cl. The molecule has 0 aliphatic carbocycles. The number of halogens is 3. The summed E-state index contributed by atoms with van der Waals surface area (Å²) < 4.78 is 18.7. The lowest BCUT2D eigenvalue weighted by atomic mass is 9.96. The van der Waals surface area contributed by atoms with Gasteiger partial charge in [-0.1, -0.05) is 44.9 Å². The topological polar surface area (TPSA) is 76.5 Å². The molecular formula is C16H13BrClFN4O2S. The number of alkyl halides is 1. The molecule has 3 rings (SSSR count). The van der Waals surface area contributed by atoms with Crippen LogP contribution in [0.5, 0.6) is 0 Å². The summed E-state index contributed by atoms with van der Waals surface area (Å²) >= 11 is 10.9. The molecule has 136 valence electrons. The summed E-state index contributed by atoms with van der Waals surface area (Å²) in [7, 11) is 0. The van der Waals surface area contributed by atoms with Gasteiger partial charge in [0.2, 0.25) is 0 Å². The number of benzene rings is 1. The maximum Gasteiger partial charge on any atom is 0.338 e. The second-order valence-corrected chi connectivity index (χ2v) is 6.96. The second kappa shape index (κ2) is 8.24. The lowest BCUT2D eigenvalue weighted by Crippen LogP contribution is -2.34. The number of aromatic nitrogens is 2. The predicted molar refractivity (Wildman–Crippen MR) is 101 cm³/mol. The first-order valence-corrected chi connectivity index (χ1v) is 9.95. The Hall–Kier alpha value is -1.84. The van der Waals surface area contributed by atoms with Gasteiger partial charge in [0.05, 0.1) is 12.2 Å². The molecule has 0 bridgehead atoms. The van der Waals surface area contributed by atoms with Crippen LogP contribution < -0.4 is 5.32 Å². The average molecular weight is 460 g/mol. The first kappa shape index (κ1) is 18.9. The van der Waals surface area contributed by atoms with Gasteiger partial charge >= 0.3 is 5.97 Å². The number of allylic oxidation sites excluding steroid dienone is 1. The molecule has 0 spiro atoms. The molecule has 0 saturated carbocycles. The number of hydrogen-bond donors (Lipinski definition) is 1. The van der Waals surface area contributed by atoms with Crippen LogP contribution in [-0.2, 0) is 9.53 Å². The Kier molecular flexibility index (Phi) is 6.00. The highest BCUT2D eigenvalue weighted by Gasteiger charge is 2.33. The van der Waals surface area contributed by atoms with E-state index < -0.39 is 17.8 Å². The molecule has 1 aromatic carbocycles. The molecule has 0 saturated heterocycles. The van der Waals surface area contributed by atoms with Gasteiger partial charge in [-0.15, -0.1) is 10.2 Å². The van der Waals surface area contributed by atoms with Crippen LogP contribution in [0.2, 0.25) is 5.02 Å². The zero-order chi connectivity index (χ0) is 18.7. The lowest BCUT2D eigenvalue weighted by Gasteiger charge is -2.26. The quantitative estimate of drug-likeness (QED) is 0.546.